The fourth-order valence-electron chi connectivity index (χ4n) is 1.99. The van der Waals surface area contributed by atoms with Gasteiger partial charge in [-0.05, 0) is 30.5 Å². The Bertz CT molecular complexity index is 892. The average molecular weight is 404 g/mol. The molecule has 0 saturated carbocycles. The zero-order valence-corrected chi connectivity index (χ0v) is 15.6. The van der Waals surface area contributed by atoms with Crippen LogP contribution in [0, 0.1) is 17.0 Å². The second-order valence-electron chi connectivity index (χ2n) is 4.60. The van der Waals surface area contributed by atoms with Gasteiger partial charge < -0.3 is 5.73 Å². The number of aromatic nitrogens is 1. The molecule has 0 aliphatic carbocycles. The van der Waals surface area contributed by atoms with Crippen LogP contribution in [-0.2, 0) is 0 Å². The number of benzene rings is 1. The molecule has 0 unspecified atom stereocenters. The number of thioether (sulfide) groups is 1. The van der Waals surface area contributed by atoms with Crippen LogP contribution in [0.3, 0.4) is 0 Å². The van der Waals surface area contributed by atoms with Gasteiger partial charge in [0.1, 0.15) is 10.8 Å². The van der Waals surface area contributed by atoms with E-state index in [-0.39, 0.29) is 18.2 Å². The van der Waals surface area contributed by atoms with E-state index in [2.05, 4.69) is 4.98 Å². The van der Waals surface area contributed by atoms with Gasteiger partial charge in [0, 0.05) is 16.5 Å². The molecule has 0 bridgehead atoms. The van der Waals surface area contributed by atoms with Crippen molar-refractivity contribution < 1.29 is 8.78 Å². The minimum Gasteiger partial charge on any atom is -0.383 e. The Balaban J connectivity index is 0.00000208. The van der Waals surface area contributed by atoms with E-state index in [1.165, 1.54) is 28.7 Å². The lowest BCUT2D eigenvalue weighted by atomic mass is 10.1. The number of hydrogen-bond acceptors (Lipinski definition) is 5. The van der Waals surface area contributed by atoms with E-state index in [9.17, 15) is 8.78 Å². The number of nitrogens with one attached hydrogen (secondary N) is 1. The third-order valence-electron chi connectivity index (χ3n) is 3.10. The number of rotatable bonds is 4. The van der Waals surface area contributed by atoms with Crippen molar-refractivity contribution in [3.8, 4) is 21.8 Å². The number of nitrogen functional groups attached to an aromatic ring is 1. The predicted octanol–water partition coefficient (Wildman–Crippen LogP) is 5.24. The zero-order valence-electron chi connectivity index (χ0n) is 12.3. The van der Waals surface area contributed by atoms with Crippen LogP contribution in [0.5, 0.6) is 0 Å². The molecule has 0 aliphatic rings. The van der Waals surface area contributed by atoms with Gasteiger partial charge in [0.25, 0.3) is 0 Å². The summed E-state index contributed by atoms with van der Waals surface area (Å²) in [5.41, 5.74) is 7.57. The quantitative estimate of drug-likeness (QED) is 0.355. The summed E-state index contributed by atoms with van der Waals surface area (Å²) < 4.78 is 27.4. The molecule has 3 nitrogen and oxygen atoms in total. The molecular formula is C15H12ClF2N3S3. The SMILES string of the molecule is CSc1sc(C(=N)N)cc1-c1nc(-c2ccc(F)c(F)c2)cs1.Cl. The van der Waals surface area contributed by atoms with E-state index in [0.717, 1.165) is 26.9 Å². The average Bonchev–Trinajstić information content (AvgIpc) is 3.15. The second-order valence-corrected chi connectivity index (χ2v) is 7.58. The van der Waals surface area contributed by atoms with Gasteiger partial charge in [-0.1, -0.05) is 0 Å². The van der Waals surface area contributed by atoms with Crippen LogP contribution in [0.4, 0.5) is 8.78 Å². The van der Waals surface area contributed by atoms with E-state index in [1.54, 1.807) is 17.1 Å². The minimum atomic E-state index is -0.892. The van der Waals surface area contributed by atoms with Crippen molar-refractivity contribution in [3.63, 3.8) is 0 Å². The molecule has 24 heavy (non-hydrogen) atoms. The molecule has 0 fully saturated rings. The summed E-state index contributed by atoms with van der Waals surface area (Å²) in [5.74, 6) is -1.75. The van der Waals surface area contributed by atoms with E-state index in [1.807, 2.05) is 12.3 Å². The van der Waals surface area contributed by atoms with Gasteiger partial charge in [-0.25, -0.2) is 13.8 Å². The molecular weight excluding hydrogens is 392 g/mol. The molecule has 0 atom stereocenters. The van der Waals surface area contributed by atoms with Crippen LogP contribution < -0.4 is 5.73 Å². The van der Waals surface area contributed by atoms with Crippen LogP contribution in [-0.4, -0.2) is 17.1 Å². The highest BCUT2D eigenvalue weighted by Gasteiger charge is 2.16. The van der Waals surface area contributed by atoms with Crippen molar-refractivity contribution in [1.82, 2.24) is 4.98 Å². The van der Waals surface area contributed by atoms with Gasteiger partial charge >= 0.3 is 0 Å². The lowest BCUT2D eigenvalue weighted by molar-refractivity contribution is 0.509. The first-order valence-electron chi connectivity index (χ1n) is 6.43. The van der Waals surface area contributed by atoms with Crippen molar-refractivity contribution in [2.45, 2.75) is 4.21 Å². The molecule has 2 heterocycles. The zero-order chi connectivity index (χ0) is 16.6. The predicted molar refractivity (Wildman–Crippen MR) is 101 cm³/mol. The Hall–Kier alpha value is -1.48. The van der Waals surface area contributed by atoms with Crippen LogP contribution in [0.25, 0.3) is 21.8 Å². The standard InChI is InChI=1S/C15H11F2N3S3.ClH/c1-21-15-8(5-12(23-15)13(18)19)14-20-11(6-22-14)7-2-3-9(16)10(17)4-7;/h2-6H,1H3,(H3,18,19);1H. The molecule has 0 saturated heterocycles. The number of thiazole rings is 1. The smallest absolute Gasteiger partial charge is 0.159 e. The Morgan fingerprint density at radius 1 is 1.25 bits per heavy atom. The van der Waals surface area contributed by atoms with Crippen molar-refractivity contribution in [1.29, 1.82) is 5.41 Å². The molecule has 3 aromatic rings. The Labute approximate surface area is 155 Å². The van der Waals surface area contributed by atoms with Crippen LogP contribution in [0.2, 0.25) is 0 Å². The van der Waals surface area contributed by atoms with Gasteiger partial charge in [0.2, 0.25) is 0 Å². The van der Waals surface area contributed by atoms with Crippen LogP contribution in [0.1, 0.15) is 4.88 Å². The summed E-state index contributed by atoms with van der Waals surface area (Å²) in [6.45, 7) is 0. The third-order valence-corrected chi connectivity index (χ3v) is 6.28. The monoisotopic (exact) mass is 403 g/mol. The fourth-order valence-corrected chi connectivity index (χ4v) is 4.70. The highest BCUT2D eigenvalue weighted by atomic mass is 35.5. The number of amidine groups is 1. The highest BCUT2D eigenvalue weighted by Crippen LogP contribution is 2.40. The van der Waals surface area contributed by atoms with Crippen LogP contribution >= 0.6 is 46.8 Å². The third kappa shape index (κ3) is 3.61. The second kappa shape index (κ2) is 7.60. The number of nitrogens with zero attached hydrogens (tertiary/aromatic N) is 1. The molecule has 126 valence electrons. The van der Waals surface area contributed by atoms with Crippen molar-refractivity contribution >= 4 is 52.7 Å². The van der Waals surface area contributed by atoms with Gasteiger partial charge in [0.05, 0.1) is 14.8 Å². The van der Waals surface area contributed by atoms with E-state index in [0.29, 0.717) is 16.1 Å². The molecule has 9 heteroatoms. The highest BCUT2D eigenvalue weighted by molar-refractivity contribution is 8.00. The summed E-state index contributed by atoms with van der Waals surface area (Å²) >= 11 is 4.42. The largest absolute Gasteiger partial charge is 0.383 e. The summed E-state index contributed by atoms with van der Waals surface area (Å²) in [6, 6.07) is 5.57. The van der Waals surface area contributed by atoms with Gasteiger partial charge in [-0.15, -0.1) is 46.8 Å². The van der Waals surface area contributed by atoms with Gasteiger partial charge in [-0.3, -0.25) is 5.41 Å². The molecule has 3 rings (SSSR count). The van der Waals surface area contributed by atoms with Crippen molar-refractivity contribution in [3.05, 3.63) is 46.2 Å². The number of thiophene rings is 1. The van der Waals surface area contributed by atoms with Crippen LogP contribution in [0.15, 0.2) is 33.9 Å². The molecule has 0 aliphatic heterocycles. The summed E-state index contributed by atoms with van der Waals surface area (Å²) in [4.78, 5) is 5.20. The molecule has 0 radical (unpaired) electrons. The van der Waals surface area contributed by atoms with Gasteiger partial charge in [0.15, 0.2) is 11.6 Å². The summed E-state index contributed by atoms with van der Waals surface area (Å²) in [6.07, 6.45) is 1.95. The van der Waals surface area contributed by atoms with E-state index in [4.69, 9.17) is 11.1 Å². The summed E-state index contributed by atoms with van der Waals surface area (Å²) in [5, 5.41) is 10.1. The molecule has 0 amide bonds. The minimum absolute atomic E-state index is 0. The first kappa shape index (κ1) is 18.9. The topological polar surface area (TPSA) is 62.8 Å². The van der Waals surface area contributed by atoms with Crippen molar-refractivity contribution in [2.75, 3.05) is 6.26 Å². The maximum Gasteiger partial charge on any atom is 0.159 e. The number of hydrogen-bond donors (Lipinski definition) is 2. The first-order chi connectivity index (χ1) is 11.0. The van der Waals surface area contributed by atoms with Gasteiger partial charge in [-0.2, -0.15) is 0 Å². The van der Waals surface area contributed by atoms with E-state index >= 15 is 0 Å². The number of halogens is 3. The van der Waals surface area contributed by atoms with Crippen molar-refractivity contribution in [2.24, 2.45) is 5.73 Å². The Morgan fingerprint density at radius 2 is 2.00 bits per heavy atom. The Morgan fingerprint density at radius 3 is 2.62 bits per heavy atom. The molecule has 0 spiro atoms. The summed E-state index contributed by atoms with van der Waals surface area (Å²) in [7, 11) is 0. The fraction of sp³-hybridized carbons (Fsp3) is 0.0667. The number of nitrogens with two attached hydrogens (primary N) is 1. The lowest BCUT2D eigenvalue weighted by Crippen LogP contribution is -2.08. The maximum absolute atomic E-state index is 13.4. The molecule has 1 aromatic carbocycles. The normalized spacial score (nSPS) is 10.5. The first-order valence-corrected chi connectivity index (χ1v) is 9.35. The van der Waals surface area contributed by atoms with E-state index < -0.39 is 11.6 Å². The lowest BCUT2D eigenvalue weighted by Gasteiger charge is -1.98. The Kier molecular flexibility index (Phi) is 5.97. The molecule has 2 aromatic heterocycles. The maximum atomic E-state index is 13.4. The molecule has 3 N–H and O–H groups in total.